The molecule has 1 N–H and O–H groups in total. The number of nitrogens with one attached hydrogen (secondary N) is 1. The molecule has 19 heteroatoms. The van der Waals surface area contributed by atoms with Gasteiger partial charge in [0.05, 0.1) is 59.3 Å². The first kappa shape index (κ1) is 39.7. The number of fused-ring (bicyclic) bond motifs is 7. The number of carbonyl (C=O) groups is 2. The lowest BCUT2D eigenvalue weighted by atomic mass is 10.0. The van der Waals surface area contributed by atoms with E-state index in [1.54, 1.807) is 25.3 Å². The predicted octanol–water partition coefficient (Wildman–Crippen LogP) is 4.47. The lowest BCUT2D eigenvalue weighted by Gasteiger charge is -2.43. The van der Waals surface area contributed by atoms with Crippen molar-refractivity contribution in [2.75, 3.05) is 55.5 Å². The van der Waals surface area contributed by atoms with Crippen LogP contribution in [0, 0.1) is 24.4 Å². The molecule has 0 saturated carbocycles. The van der Waals surface area contributed by atoms with Gasteiger partial charge >= 0.3 is 0 Å². The van der Waals surface area contributed by atoms with E-state index in [1.807, 2.05) is 34.6 Å². The molecule has 10 heterocycles. The molecular weight excluding hydrogens is 818 g/mol. The number of ether oxygens (including phenoxy) is 2. The quantitative estimate of drug-likeness (QED) is 0.215. The smallest absolute Gasteiger partial charge is 0.245 e. The number of amides is 1. The van der Waals surface area contributed by atoms with Crippen LogP contribution in [0.15, 0.2) is 54.7 Å². The SMILES string of the molecule is CO[C@H]1CN(C)C(=O)[C@@H]2C[C@@H](CN2c2nc(N3C4CC3N(C(C=O)CC3CCO3)C4)nc3c2cnn3-c2ccc(F)cc2F)Nc2cccc(n2)-c2cc(F)cc3nc(C)n(c23)C1. The lowest BCUT2D eigenvalue weighted by Crippen LogP contribution is -2.55. The Morgan fingerprint density at radius 2 is 1.86 bits per heavy atom. The van der Waals surface area contributed by atoms with Crippen molar-refractivity contribution >= 4 is 51.8 Å². The maximum Gasteiger partial charge on any atom is 0.245 e. The number of imidazole rings is 1. The van der Waals surface area contributed by atoms with Gasteiger partial charge in [0.15, 0.2) is 11.5 Å². The molecule has 63 heavy (non-hydrogen) atoms. The standard InChI is InChI=1S/C44H45F3N12O4/c1-23-49-35-13-25(46)11-31-34-5-4-6-38(51-34)50-26-14-37(43(61)54(2)20-30(62-3)21-55(23)40(31)35)57(18-26)41-32-17-48-59(36-8-7-24(45)12-33(36)47)42(32)53-44(52-41)58-27-16-39(58)56(19-27)28(22-60)15-29-9-10-63-29/h4-8,11-13,17,22,26-30,37,39H,9-10,14-16,18-21H2,1-3H3,(H,50,51)/t26-,27?,28?,29?,30-,37-,39?/m0/s1. The molecule has 2 aromatic carbocycles. The summed E-state index contributed by atoms with van der Waals surface area (Å²) in [6, 6.07) is 10.3. The molecule has 0 aliphatic carbocycles. The molecule has 6 aromatic rings. The maximum atomic E-state index is 15.5. The van der Waals surface area contributed by atoms with E-state index in [-0.39, 0.29) is 54.2 Å². The average Bonchev–Trinajstić information content (AvgIpc) is 4.08. The molecule has 326 valence electrons. The lowest BCUT2D eigenvalue weighted by molar-refractivity contribution is -0.132. The highest BCUT2D eigenvalue weighted by atomic mass is 19.1. The molecule has 6 aliphatic rings. The first-order valence-corrected chi connectivity index (χ1v) is 21.3. The number of benzene rings is 2. The van der Waals surface area contributed by atoms with Crippen LogP contribution in [0.4, 0.5) is 30.8 Å². The van der Waals surface area contributed by atoms with Crippen LogP contribution < -0.4 is 15.1 Å². The minimum atomic E-state index is -0.823. The second kappa shape index (κ2) is 15.3. The van der Waals surface area contributed by atoms with Gasteiger partial charge in [-0.25, -0.2) is 27.8 Å². The zero-order chi connectivity index (χ0) is 43.3. The summed E-state index contributed by atoms with van der Waals surface area (Å²) in [6.45, 7) is 4.03. The highest BCUT2D eigenvalue weighted by molar-refractivity contribution is 5.94. The summed E-state index contributed by atoms with van der Waals surface area (Å²) in [4.78, 5) is 55.2. The Hall–Kier alpha value is -6.18. The van der Waals surface area contributed by atoms with Crippen LogP contribution in [0.2, 0.25) is 0 Å². The molecule has 5 saturated heterocycles. The van der Waals surface area contributed by atoms with Gasteiger partial charge in [0.2, 0.25) is 11.9 Å². The number of carbonyl (C=O) groups excluding carboxylic acids is 2. The van der Waals surface area contributed by atoms with Crippen molar-refractivity contribution in [1.82, 2.24) is 44.1 Å². The highest BCUT2D eigenvalue weighted by Gasteiger charge is 2.54. The number of hydrogen-bond donors (Lipinski definition) is 1. The number of pyridine rings is 1. The molecule has 4 unspecified atom stereocenters. The van der Waals surface area contributed by atoms with Crippen LogP contribution in [-0.2, 0) is 25.6 Å². The van der Waals surface area contributed by atoms with Crippen molar-refractivity contribution < 1.29 is 32.2 Å². The molecular formula is C44H45F3N12O4. The van der Waals surface area contributed by atoms with Crippen molar-refractivity contribution in [2.45, 2.75) is 81.7 Å². The van der Waals surface area contributed by atoms with Crippen molar-refractivity contribution in [3.8, 4) is 16.9 Å². The van der Waals surface area contributed by atoms with Gasteiger partial charge in [-0.1, -0.05) is 6.07 Å². The summed E-state index contributed by atoms with van der Waals surface area (Å²) in [5.74, 6) is -0.216. The number of aryl methyl sites for hydroxylation is 1. The minimum absolute atomic E-state index is 0.00223. The summed E-state index contributed by atoms with van der Waals surface area (Å²) in [6.07, 6.45) is 4.60. The number of aldehydes is 1. The van der Waals surface area contributed by atoms with Crippen LogP contribution in [0.25, 0.3) is 39.0 Å². The number of likely N-dealkylation sites (N-methyl/N-ethyl adjacent to an activating group) is 1. The first-order valence-electron chi connectivity index (χ1n) is 21.3. The second-order valence-electron chi connectivity index (χ2n) is 17.3. The van der Waals surface area contributed by atoms with Crippen molar-refractivity contribution in [3.05, 3.63) is 78.0 Å². The predicted molar refractivity (Wildman–Crippen MR) is 226 cm³/mol. The van der Waals surface area contributed by atoms with E-state index in [0.717, 1.165) is 36.8 Å². The van der Waals surface area contributed by atoms with E-state index in [2.05, 4.69) is 20.2 Å². The molecule has 1 amide bonds. The van der Waals surface area contributed by atoms with Gasteiger partial charge in [0.1, 0.15) is 47.1 Å². The number of anilines is 3. The first-order chi connectivity index (χ1) is 30.5. The topological polar surface area (TPSA) is 152 Å². The van der Waals surface area contributed by atoms with E-state index in [4.69, 9.17) is 29.4 Å². The van der Waals surface area contributed by atoms with Gasteiger partial charge in [-0.3, -0.25) is 9.69 Å². The summed E-state index contributed by atoms with van der Waals surface area (Å²) in [7, 11) is 3.35. The number of hydrogen-bond acceptors (Lipinski definition) is 13. The highest BCUT2D eigenvalue weighted by Crippen LogP contribution is 2.44. The molecule has 0 radical (unpaired) electrons. The maximum absolute atomic E-state index is 15.5. The van der Waals surface area contributed by atoms with E-state index in [1.165, 1.54) is 22.9 Å². The monoisotopic (exact) mass is 862 g/mol. The average molecular weight is 863 g/mol. The normalized spacial score (nSPS) is 25.2. The number of rotatable bonds is 8. The fraction of sp³-hybridized carbons (Fsp3) is 0.432. The Morgan fingerprint density at radius 3 is 2.63 bits per heavy atom. The zero-order valence-corrected chi connectivity index (χ0v) is 34.9. The van der Waals surface area contributed by atoms with Gasteiger partial charge < -0.3 is 38.9 Å². The van der Waals surface area contributed by atoms with Crippen LogP contribution >= 0.6 is 0 Å². The largest absolute Gasteiger partial charge is 0.378 e. The number of aromatic nitrogens is 7. The van der Waals surface area contributed by atoms with Gasteiger partial charge in [0, 0.05) is 76.6 Å². The van der Waals surface area contributed by atoms with Gasteiger partial charge in [-0.15, -0.1) is 0 Å². The fourth-order valence-electron chi connectivity index (χ4n) is 10.2. The third kappa shape index (κ3) is 6.66. The molecule has 16 nitrogen and oxygen atoms in total. The summed E-state index contributed by atoms with van der Waals surface area (Å²) in [5.41, 5.74) is 2.60. The second-order valence-corrected chi connectivity index (χ2v) is 17.3. The van der Waals surface area contributed by atoms with Gasteiger partial charge in [-0.05, 0) is 56.5 Å². The van der Waals surface area contributed by atoms with E-state index in [9.17, 15) is 14.0 Å². The molecule has 12 rings (SSSR count). The molecule has 5 fully saturated rings. The van der Waals surface area contributed by atoms with Crippen LogP contribution in [-0.4, -0.2) is 139 Å². The third-order valence-corrected chi connectivity index (χ3v) is 13.5. The third-order valence-electron chi connectivity index (χ3n) is 13.5. The summed E-state index contributed by atoms with van der Waals surface area (Å²) >= 11 is 0. The molecule has 0 spiro atoms. The van der Waals surface area contributed by atoms with Crippen LogP contribution in [0.3, 0.4) is 0 Å². The summed E-state index contributed by atoms with van der Waals surface area (Å²) < 4.78 is 59.9. The number of methoxy groups -OCH3 is 1. The van der Waals surface area contributed by atoms with Crippen LogP contribution in [0.5, 0.6) is 0 Å². The van der Waals surface area contributed by atoms with Gasteiger partial charge in [-0.2, -0.15) is 15.1 Å². The van der Waals surface area contributed by atoms with E-state index >= 15 is 8.78 Å². The van der Waals surface area contributed by atoms with Crippen LogP contribution in [0.1, 0.15) is 31.5 Å². The Balaban J connectivity index is 1.02. The minimum Gasteiger partial charge on any atom is -0.378 e. The fourth-order valence-corrected chi connectivity index (χ4v) is 10.2. The molecule has 4 aromatic heterocycles. The van der Waals surface area contributed by atoms with Crippen molar-refractivity contribution in [3.63, 3.8) is 0 Å². The van der Waals surface area contributed by atoms with Crippen molar-refractivity contribution in [1.29, 1.82) is 0 Å². The van der Waals surface area contributed by atoms with E-state index in [0.29, 0.717) is 84.7 Å². The Labute approximate surface area is 359 Å². The van der Waals surface area contributed by atoms with E-state index < -0.39 is 29.6 Å². The Morgan fingerprint density at radius 1 is 1.00 bits per heavy atom. The molecule has 6 bridgehead atoms. The Bertz CT molecular complexity index is 2800. The number of halogens is 3. The molecule has 7 atom stereocenters. The molecule has 6 aliphatic heterocycles. The summed E-state index contributed by atoms with van der Waals surface area (Å²) in [5, 5.41) is 8.60. The van der Waals surface area contributed by atoms with Gasteiger partial charge in [0.25, 0.3) is 0 Å². The Kier molecular flexibility index (Phi) is 9.61. The number of nitrogens with zero attached hydrogens (tertiary/aromatic N) is 11. The zero-order valence-electron chi connectivity index (χ0n) is 34.9. The van der Waals surface area contributed by atoms with Crippen molar-refractivity contribution in [2.24, 2.45) is 0 Å².